The number of fused-ring (bicyclic) bond motifs is 1. The van der Waals surface area contributed by atoms with Crippen LogP contribution in [0.2, 0.25) is 0 Å². The quantitative estimate of drug-likeness (QED) is 0.358. The number of rotatable bonds is 6. The number of aliphatic hydroxyl groups is 1. The van der Waals surface area contributed by atoms with Crippen LogP contribution in [0.1, 0.15) is 43.0 Å². The van der Waals surface area contributed by atoms with Crippen molar-refractivity contribution < 1.29 is 24.1 Å². The largest absolute Gasteiger partial charge is 0.497 e. The van der Waals surface area contributed by atoms with Crippen molar-refractivity contribution in [1.82, 2.24) is 0 Å². The van der Waals surface area contributed by atoms with Gasteiger partial charge in [-0.1, -0.05) is 54.6 Å². The molecule has 1 aliphatic heterocycles. The Morgan fingerprint density at radius 2 is 1.74 bits per heavy atom. The molecule has 180 valence electrons. The van der Waals surface area contributed by atoms with Gasteiger partial charge < -0.3 is 19.3 Å². The molecule has 0 amide bonds. The number of aliphatic hydroxyl groups excluding tert-OH is 1. The van der Waals surface area contributed by atoms with Crippen LogP contribution in [0.15, 0.2) is 78.9 Å². The van der Waals surface area contributed by atoms with E-state index in [1.807, 2.05) is 87.5 Å². The van der Waals surface area contributed by atoms with E-state index >= 15 is 0 Å². The molecule has 0 radical (unpaired) electrons. The van der Waals surface area contributed by atoms with Gasteiger partial charge in [0.25, 0.3) is 0 Å². The Kier molecular flexibility index (Phi) is 7.08. The summed E-state index contributed by atoms with van der Waals surface area (Å²) in [4.78, 5) is 12.0. The second kappa shape index (κ2) is 10.2. The molecular formula is C30H30O5. The molecule has 35 heavy (non-hydrogen) atoms. The van der Waals surface area contributed by atoms with E-state index in [-0.39, 0.29) is 5.97 Å². The van der Waals surface area contributed by atoms with E-state index in [1.54, 1.807) is 19.3 Å². The summed E-state index contributed by atoms with van der Waals surface area (Å²) in [7, 11) is 1.60. The molecule has 0 aromatic heterocycles. The third kappa shape index (κ3) is 6.00. The van der Waals surface area contributed by atoms with E-state index in [4.69, 9.17) is 14.2 Å². The first-order valence-corrected chi connectivity index (χ1v) is 11.5. The third-order valence-corrected chi connectivity index (χ3v) is 5.59. The standard InChI is InChI=1S/C30H30O5/c1-30(2,3)35-27(31)17-14-20-10-12-21(13-11-20)18-25-24-16-15-23(33-4)19-26(24)34-29(32)28(25)22-8-6-5-7-9-22/h5-17,19,29,32H,18H2,1-4H3. The van der Waals surface area contributed by atoms with Gasteiger partial charge in [0.05, 0.1) is 7.11 Å². The maximum absolute atomic E-state index is 12.0. The fraction of sp³-hybridized carbons (Fsp3) is 0.233. The van der Waals surface area contributed by atoms with Crippen LogP contribution in [0.5, 0.6) is 11.5 Å². The fourth-order valence-corrected chi connectivity index (χ4v) is 4.03. The SMILES string of the molecule is COc1ccc2c(c1)OC(O)C(c1ccccc1)=C2Cc1ccc(C=CC(=O)OC(C)(C)C)cc1. The summed E-state index contributed by atoms with van der Waals surface area (Å²) in [5, 5.41) is 11.0. The van der Waals surface area contributed by atoms with Crippen LogP contribution in [0, 0.1) is 0 Å². The summed E-state index contributed by atoms with van der Waals surface area (Å²) in [5.74, 6) is 0.880. The summed E-state index contributed by atoms with van der Waals surface area (Å²) in [6, 6.07) is 23.4. The first-order valence-electron chi connectivity index (χ1n) is 11.5. The van der Waals surface area contributed by atoms with Gasteiger partial charge >= 0.3 is 5.97 Å². The fourth-order valence-electron chi connectivity index (χ4n) is 4.03. The Balaban J connectivity index is 1.65. The van der Waals surface area contributed by atoms with Gasteiger partial charge in [0, 0.05) is 23.3 Å². The Morgan fingerprint density at radius 3 is 2.40 bits per heavy atom. The van der Waals surface area contributed by atoms with Gasteiger partial charge in [0.15, 0.2) is 0 Å². The molecule has 3 aromatic rings. The second-order valence-electron chi connectivity index (χ2n) is 9.38. The molecule has 0 aliphatic carbocycles. The number of hydrogen-bond acceptors (Lipinski definition) is 5. The average Bonchev–Trinajstić information content (AvgIpc) is 2.82. The molecule has 0 fully saturated rings. The van der Waals surface area contributed by atoms with E-state index in [9.17, 15) is 9.90 Å². The van der Waals surface area contributed by atoms with E-state index < -0.39 is 11.9 Å². The predicted octanol–water partition coefficient (Wildman–Crippen LogP) is 5.91. The molecule has 1 heterocycles. The minimum absolute atomic E-state index is 0.373. The highest BCUT2D eigenvalue weighted by Crippen LogP contribution is 2.42. The summed E-state index contributed by atoms with van der Waals surface area (Å²) in [6.45, 7) is 5.52. The van der Waals surface area contributed by atoms with E-state index in [1.165, 1.54) is 6.08 Å². The van der Waals surface area contributed by atoms with Gasteiger partial charge in [-0.2, -0.15) is 0 Å². The Hall–Kier alpha value is -3.83. The molecule has 3 aromatic carbocycles. The van der Waals surface area contributed by atoms with Gasteiger partial charge in [0.1, 0.15) is 17.1 Å². The van der Waals surface area contributed by atoms with Crippen molar-refractivity contribution in [3.8, 4) is 11.5 Å². The minimum Gasteiger partial charge on any atom is -0.497 e. The molecule has 1 aliphatic rings. The molecule has 0 bridgehead atoms. The molecule has 4 rings (SSSR count). The smallest absolute Gasteiger partial charge is 0.331 e. The van der Waals surface area contributed by atoms with Crippen LogP contribution in [0.4, 0.5) is 0 Å². The lowest BCUT2D eigenvalue weighted by Gasteiger charge is -2.29. The van der Waals surface area contributed by atoms with Crippen molar-refractivity contribution in [1.29, 1.82) is 0 Å². The number of methoxy groups -OCH3 is 1. The summed E-state index contributed by atoms with van der Waals surface area (Å²) >= 11 is 0. The number of ether oxygens (including phenoxy) is 3. The van der Waals surface area contributed by atoms with Crippen molar-refractivity contribution >= 4 is 23.2 Å². The molecule has 5 heteroatoms. The average molecular weight is 471 g/mol. The molecule has 1 unspecified atom stereocenters. The van der Waals surface area contributed by atoms with Crippen LogP contribution in [-0.4, -0.2) is 30.1 Å². The number of esters is 1. The number of hydrogen-bond donors (Lipinski definition) is 1. The highest BCUT2D eigenvalue weighted by molar-refractivity contribution is 5.96. The summed E-state index contributed by atoms with van der Waals surface area (Å²) in [6.07, 6.45) is 2.68. The molecule has 0 spiro atoms. The Labute approximate surface area is 206 Å². The molecular weight excluding hydrogens is 440 g/mol. The normalized spacial score (nSPS) is 15.5. The minimum atomic E-state index is -1.09. The highest BCUT2D eigenvalue weighted by Gasteiger charge is 2.28. The number of carbonyl (C=O) groups is 1. The molecule has 0 saturated carbocycles. The first-order chi connectivity index (χ1) is 16.7. The lowest BCUT2D eigenvalue weighted by molar-refractivity contribution is -0.148. The number of allylic oxidation sites excluding steroid dienone is 1. The van der Waals surface area contributed by atoms with Gasteiger partial charge in [-0.25, -0.2) is 4.79 Å². The molecule has 1 N–H and O–H groups in total. The monoisotopic (exact) mass is 470 g/mol. The van der Waals surface area contributed by atoms with Gasteiger partial charge in [0.2, 0.25) is 6.29 Å². The molecule has 0 saturated heterocycles. The van der Waals surface area contributed by atoms with E-state index in [0.29, 0.717) is 17.9 Å². The van der Waals surface area contributed by atoms with E-state index in [2.05, 4.69) is 0 Å². The van der Waals surface area contributed by atoms with E-state index in [0.717, 1.165) is 33.4 Å². The second-order valence-corrected chi connectivity index (χ2v) is 9.38. The third-order valence-electron chi connectivity index (χ3n) is 5.59. The summed E-state index contributed by atoms with van der Waals surface area (Å²) < 4.78 is 16.5. The van der Waals surface area contributed by atoms with Crippen LogP contribution in [0.25, 0.3) is 17.2 Å². The number of carbonyl (C=O) groups excluding carboxylic acids is 1. The Morgan fingerprint density at radius 1 is 1.03 bits per heavy atom. The lowest BCUT2D eigenvalue weighted by Crippen LogP contribution is -2.24. The first kappa shape index (κ1) is 24.3. The zero-order chi connectivity index (χ0) is 25.0. The molecule has 1 atom stereocenters. The lowest BCUT2D eigenvalue weighted by atomic mass is 9.87. The topological polar surface area (TPSA) is 65.0 Å². The van der Waals surface area contributed by atoms with Crippen LogP contribution in [0.3, 0.4) is 0 Å². The van der Waals surface area contributed by atoms with Gasteiger partial charge in [-0.3, -0.25) is 0 Å². The van der Waals surface area contributed by atoms with Crippen LogP contribution in [-0.2, 0) is 16.0 Å². The van der Waals surface area contributed by atoms with Crippen molar-refractivity contribution in [2.24, 2.45) is 0 Å². The summed E-state index contributed by atoms with van der Waals surface area (Å²) in [5.41, 5.74) is 5.01. The predicted molar refractivity (Wildman–Crippen MR) is 138 cm³/mol. The highest BCUT2D eigenvalue weighted by atomic mass is 16.6. The van der Waals surface area contributed by atoms with Crippen molar-refractivity contribution in [3.63, 3.8) is 0 Å². The van der Waals surface area contributed by atoms with Gasteiger partial charge in [-0.15, -0.1) is 0 Å². The van der Waals surface area contributed by atoms with Crippen LogP contribution < -0.4 is 9.47 Å². The maximum Gasteiger partial charge on any atom is 0.331 e. The zero-order valence-corrected chi connectivity index (χ0v) is 20.4. The van der Waals surface area contributed by atoms with Crippen molar-refractivity contribution in [2.75, 3.05) is 7.11 Å². The zero-order valence-electron chi connectivity index (χ0n) is 20.4. The molecule has 5 nitrogen and oxygen atoms in total. The van der Waals surface area contributed by atoms with Crippen molar-refractivity contribution in [2.45, 2.75) is 39.1 Å². The Bertz CT molecular complexity index is 1250. The van der Waals surface area contributed by atoms with Crippen molar-refractivity contribution in [3.05, 3.63) is 101 Å². The number of benzene rings is 3. The maximum atomic E-state index is 12.0. The van der Waals surface area contributed by atoms with Crippen LogP contribution >= 0.6 is 0 Å². The van der Waals surface area contributed by atoms with Gasteiger partial charge in [-0.05, 0) is 67.7 Å².